The van der Waals surface area contributed by atoms with Crippen LogP contribution in [0.4, 0.5) is 0 Å². The average molecular weight is 415 g/mol. The second-order valence-electron chi connectivity index (χ2n) is 8.49. The van der Waals surface area contributed by atoms with Crippen LogP contribution in [0.1, 0.15) is 85.8 Å². The second kappa shape index (κ2) is 12.1. The molecule has 0 bridgehead atoms. The highest BCUT2D eigenvalue weighted by molar-refractivity contribution is 8.03. The standard InChI is InChI=1S/C21H38N2O2S2/c1-7-8-9-10-11-14-22-15-12-13-17-16-26-19(23-17)27-21(5,6)18(24)25-20(2,3)4/h16,22H,7-15H2,1-6H3. The predicted molar refractivity (Wildman–Crippen MR) is 118 cm³/mol. The lowest BCUT2D eigenvalue weighted by atomic mass is 10.1. The van der Waals surface area contributed by atoms with Gasteiger partial charge in [-0.15, -0.1) is 11.3 Å². The molecule has 0 saturated carbocycles. The van der Waals surface area contributed by atoms with E-state index < -0.39 is 10.3 Å². The number of thiazole rings is 1. The first-order valence-corrected chi connectivity index (χ1v) is 11.9. The largest absolute Gasteiger partial charge is 0.459 e. The lowest BCUT2D eigenvalue weighted by Gasteiger charge is -2.27. The molecule has 27 heavy (non-hydrogen) atoms. The highest BCUT2D eigenvalue weighted by Gasteiger charge is 2.34. The first-order chi connectivity index (χ1) is 12.6. The molecule has 4 nitrogen and oxygen atoms in total. The van der Waals surface area contributed by atoms with Crippen molar-refractivity contribution in [2.45, 2.75) is 101 Å². The number of hydrogen-bond acceptors (Lipinski definition) is 6. The van der Waals surface area contributed by atoms with Gasteiger partial charge in [0.1, 0.15) is 10.3 Å². The molecule has 0 atom stereocenters. The van der Waals surface area contributed by atoms with E-state index in [0.717, 1.165) is 36.0 Å². The van der Waals surface area contributed by atoms with Gasteiger partial charge in [0.15, 0.2) is 4.34 Å². The van der Waals surface area contributed by atoms with Crippen molar-refractivity contribution in [1.82, 2.24) is 10.3 Å². The van der Waals surface area contributed by atoms with E-state index in [0.29, 0.717) is 0 Å². The average Bonchev–Trinajstić information content (AvgIpc) is 2.98. The molecule has 6 heteroatoms. The first-order valence-electron chi connectivity index (χ1n) is 10.2. The minimum atomic E-state index is -0.637. The van der Waals surface area contributed by atoms with E-state index in [9.17, 15) is 4.79 Å². The van der Waals surface area contributed by atoms with Gasteiger partial charge >= 0.3 is 5.97 Å². The number of carbonyl (C=O) groups is 1. The minimum absolute atomic E-state index is 0.195. The maximum Gasteiger partial charge on any atom is 0.322 e. The third kappa shape index (κ3) is 11.1. The van der Waals surface area contributed by atoms with Crippen LogP contribution in [0, 0.1) is 0 Å². The minimum Gasteiger partial charge on any atom is -0.459 e. The van der Waals surface area contributed by atoms with Crippen molar-refractivity contribution in [2.24, 2.45) is 0 Å². The number of aryl methyl sites for hydroxylation is 1. The topological polar surface area (TPSA) is 51.2 Å². The van der Waals surface area contributed by atoms with Crippen LogP contribution in [0.15, 0.2) is 9.72 Å². The SMILES string of the molecule is CCCCCCCNCCCc1csc(SC(C)(C)C(=O)OC(C)(C)C)n1. The van der Waals surface area contributed by atoms with Crippen LogP contribution in [0.3, 0.4) is 0 Å². The van der Waals surface area contributed by atoms with E-state index >= 15 is 0 Å². The molecular weight excluding hydrogens is 376 g/mol. The smallest absolute Gasteiger partial charge is 0.322 e. The third-order valence-electron chi connectivity index (χ3n) is 4.01. The summed E-state index contributed by atoms with van der Waals surface area (Å²) in [6.07, 6.45) is 8.70. The van der Waals surface area contributed by atoms with E-state index in [4.69, 9.17) is 4.74 Å². The molecule has 0 radical (unpaired) electrons. The van der Waals surface area contributed by atoms with Crippen LogP contribution < -0.4 is 5.32 Å². The normalized spacial score (nSPS) is 12.4. The van der Waals surface area contributed by atoms with Crippen molar-refractivity contribution in [3.63, 3.8) is 0 Å². The number of ether oxygens (including phenoxy) is 1. The van der Waals surface area contributed by atoms with E-state index in [1.54, 1.807) is 11.3 Å². The monoisotopic (exact) mass is 414 g/mol. The van der Waals surface area contributed by atoms with Crippen LogP contribution in [0.25, 0.3) is 0 Å². The van der Waals surface area contributed by atoms with E-state index in [1.165, 1.54) is 43.9 Å². The molecule has 1 rings (SSSR count). The van der Waals surface area contributed by atoms with Gasteiger partial charge in [-0.2, -0.15) is 0 Å². The third-order valence-corrected chi connectivity index (χ3v) is 6.17. The predicted octanol–water partition coefficient (Wildman–Crippen LogP) is 5.85. The number of rotatable bonds is 13. The number of unbranched alkanes of at least 4 members (excludes halogenated alkanes) is 4. The summed E-state index contributed by atoms with van der Waals surface area (Å²) in [5.41, 5.74) is 0.651. The van der Waals surface area contributed by atoms with Crippen molar-refractivity contribution in [3.8, 4) is 0 Å². The van der Waals surface area contributed by atoms with Gasteiger partial charge in [-0.25, -0.2) is 4.98 Å². The highest BCUT2D eigenvalue weighted by atomic mass is 32.2. The van der Waals surface area contributed by atoms with Crippen molar-refractivity contribution < 1.29 is 9.53 Å². The lowest BCUT2D eigenvalue weighted by molar-refractivity contribution is -0.156. The summed E-state index contributed by atoms with van der Waals surface area (Å²) in [4.78, 5) is 17.1. The fourth-order valence-corrected chi connectivity index (χ4v) is 4.75. The molecule has 1 N–H and O–H groups in total. The number of aromatic nitrogens is 1. The van der Waals surface area contributed by atoms with Crippen LogP contribution in [-0.4, -0.2) is 34.4 Å². The molecule has 0 aliphatic heterocycles. The fourth-order valence-electron chi connectivity index (χ4n) is 2.48. The number of carbonyl (C=O) groups excluding carboxylic acids is 1. The van der Waals surface area contributed by atoms with Gasteiger partial charge in [-0.05, 0) is 67.0 Å². The van der Waals surface area contributed by atoms with Gasteiger partial charge in [0.2, 0.25) is 0 Å². The quantitative estimate of drug-likeness (QED) is 0.249. The Labute approximate surface area is 174 Å². The molecule has 1 aromatic rings. The Morgan fingerprint density at radius 2 is 1.78 bits per heavy atom. The van der Waals surface area contributed by atoms with Gasteiger partial charge in [0.25, 0.3) is 0 Å². The van der Waals surface area contributed by atoms with E-state index in [2.05, 4.69) is 22.6 Å². The molecule has 0 spiro atoms. The molecule has 1 aromatic heterocycles. The Hall–Kier alpha value is -0.590. The highest BCUT2D eigenvalue weighted by Crippen LogP contribution is 2.36. The second-order valence-corrected chi connectivity index (χ2v) is 11.2. The molecule has 0 fully saturated rings. The Kier molecular flexibility index (Phi) is 10.9. The summed E-state index contributed by atoms with van der Waals surface area (Å²) >= 11 is 3.10. The number of esters is 1. The van der Waals surface area contributed by atoms with Gasteiger partial charge in [0.05, 0.1) is 5.69 Å². The Morgan fingerprint density at radius 3 is 2.44 bits per heavy atom. The molecule has 0 saturated heterocycles. The summed E-state index contributed by atoms with van der Waals surface area (Å²) < 4.78 is 5.82. The van der Waals surface area contributed by atoms with Gasteiger partial charge in [-0.1, -0.05) is 44.4 Å². The summed E-state index contributed by atoms with van der Waals surface area (Å²) in [6, 6.07) is 0. The summed E-state index contributed by atoms with van der Waals surface area (Å²) in [6.45, 7) is 13.9. The van der Waals surface area contributed by atoms with Gasteiger partial charge in [-0.3, -0.25) is 4.79 Å². The van der Waals surface area contributed by atoms with Crippen molar-refractivity contribution in [1.29, 1.82) is 0 Å². The number of nitrogens with one attached hydrogen (secondary N) is 1. The van der Waals surface area contributed by atoms with Gasteiger partial charge in [0, 0.05) is 5.38 Å². The van der Waals surface area contributed by atoms with Crippen molar-refractivity contribution >= 4 is 29.1 Å². The first kappa shape index (κ1) is 24.4. The van der Waals surface area contributed by atoms with Crippen LogP contribution in [-0.2, 0) is 16.0 Å². The van der Waals surface area contributed by atoms with Crippen LogP contribution in [0.5, 0.6) is 0 Å². The van der Waals surface area contributed by atoms with Crippen LogP contribution in [0.2, 0.25) is 0 Å². The maximum absolute atomic E-state index is 12.4. The van der Waals surface area contributed by atoms with Crippen molar-refractivity contribution in [2.75, 3.05) is 13.1 Å². The Morgan fingerprint density at radius 1 is 1.11 bits per heavy atom. The summed E-state index contributed by atoms with van der Waals surface area (Å²) in [5, 5.41) is 5.63. The Bertz CT molecular complexity index is 551. The van der Waals surface area contributed by atoms with Gasteiger partial charge < -0.3 is 10.1 Å². The molecular formula is C21H38N2O2S2. The lowest BCUT2D eigenvalue weighted by Crippen LogP contribution is -2.36. The van der Waals surface area contributed by atoms with E-state index in [-0.39, 0.29) is 5.97 Å². The molecule has 156 valence electrons. The molecule has 0 amide bonds. The zero-order valence-electron chi connectivity index (χ0n) is 18.0. The maximum atomic E-state index is 12.4. The molecule has 0 aliphatic rings. The summed E-state index contributed by atoms with van der Waals surface area (Å²) in [5.74, 6) is -0.195. The van der Waals surface area contributed by atoms with Crippen LogP contribution >= 0.6 is 23.1 Å². The molecule has 0 aliphatic carbocycles. The Balaban J connectivity index is 2.28. The zero-order chi connectivity index (χ0) is 20.3. The number of thioether (sulfide) groups is 1. The number of hydrogen-bond donors (Lipinski definition) is 1. The molecule has 1 heterocycles. The number of nitrogens with zero attached hydrogens (tertiary/aromatic N) is 1. The van der Waals surface area contributed by atoms with E-state index in [1.807, 2.05) is 34.6 Å². The zero-order valence-corrected chi connectivity index (χ0v) is 19.7. The fraction of sp³-hybridized carbons (Fsp3) is 0.810. The molecule has 0 unspecified atom stereocenters. The summed E-state index contributed by atoms with van der Waals surface area (Å²) in [7, 11) is 0. The molecule has 0 aromatic carbocycles. The van der Waals surface area contributed by atoms with Crippen molar-refractivity contribution in [3.05, 3.63) is 11.1 Å².